The van der Waals surface area contributed by atoms with Crippen molar-refractivity contribution in [3.63, 3.8) is 0 Å². The quantitative estimate of drug-likeness (QED) is 0.693. The Kier molecular flexibility index (Phi) is 5.90. The van der Waals surface area contributed by atoms with Gasteiger partial charge in [0.25, 0.3) is 0 Å². The molecule has 2 amide bonds. The number of carbonyl (C=O) groups is 1. The number of piperidine rings is 1. The molecule has 2 aliphatic rings. The fourth-order valence-electron chi connectivity index (χ4n) is 3.98. The van der Waals surface area contributed by atoms with Gasteiger partial charge >= 0.3 is 6.03 Å². The number of nitrogens with one attached hydrogen (secondary N) is 2. The highest BCUT2D eigenvalue weighted by atomic mass is 16.5. The topological polar surface area (TPSA) is 73.8 Å². The predicted octanol–water partition coefficient (Wildman–Crippen LogP) is 3.93. The summed E-state index contributed by atoms with van der Waals surface area (Å²) in [5.41, 5.74) is 2.90. The van der Waals surface area contributed by atoms with Gasteiger partial charge in [0.15, 0.2) is 0 Å². The third-order valence-electron chi connectivity index (χ3n) is 5.81. The lowest BCUT2D eigenvalue weighted by atomic mass is 10.0. The van der Waals surface area contributed by atoms with Crippen LogP contribution < -0.4 is 20.3 Å². The fourth-order valence-corrected chi connectivity index (χ4v) is 3.98. The second-order valence-corrected chi connectivity index (χ2v) is 7.92. The average molecular weight is 396 g/mol. The van der Waals surface area contributed by atoms with Gasteiger partial charge in [-0.1, -0.05) is 24.3 Å². The van der Waals surface area contributed by atoms with E-state index in [0.717, 1.165) is 61.5 Å². The van der Waals surface area contributed by atoms with Crippen LogP contribution in [0.4, 0.5) is 16.2 Å². The molecular weight excluding hydrogens is 366 g/mol. The third kappa shape index (κ3) is 4.82. The van der Waals surface area contributed by atoms with Crippen molar-refractivity contribution in [2.45, 2.75) is 37.8 Å². The van der Waals surface area contributed by atoms with E-state index in [4.69, 9.17) is 4.74 Å². The van der Waals surface area contributed by atoms with Crippen LogP contribution in [0.15, 0.2) is 48.5 Å². The molecule has 0 unspecified atom stereocenters. The van der Waals surface area contributed by atoms with Crippen LogP contribution in [0.5, 0.6) is 5.75 Å². The van der Waals surface area contributed by atoms with Crippen LogP contribution in [-0.2, 0) is 0 Å². The number of hydrogen-bond acceptors (Lipinski definition) is 4. The number of methoxy groups -OCH3 is 1. The van der Waals surface area contributed by atoms with Gasteiger partial charge in [-0.25, -0.2) is 4.79 Å². The van der Waals surface area contributed by atoms with Crippen LogP contribution >= 0.6 is 0 Å². The van der Waals surface area contributed by atoms with Gasteiger partial charge in [0.05, 0.1) is 30.6 Å². The van der Waals surface area contributed by atoms with E-state index >= 15 is 0 Å². The first kappa shape index (κ1) is 19.6. The summed E-state index contributed by atoms with van der Waals surface area (Å²) in [5.74, 6) is 1.29. The highest BCUT2D eigenvalue weighted by Crippen LogP contribution is 2.41. The van der Waals surface area contributed by atoms with Crippen LogP contribution in [0.3, 0.4) is 0 Å². The first-order valence-corrected chi connectivity index (χ1v) is 10.4. The molecule has 0 aromatic heterocycles. The Hall–Kier alpha value is -2.73. The molecule has 4 rings (SSSR count). The molecule has 2 aromatic carbocycles. The van der Waals surface area contributed by atoms with Crippen molar-refractivity contribution in [2.75, 3.05) is 30.4 Å². The maximum atomic E-state index is 12.8. The molecule has 1 saturated carbocycles. The van der Waals surface area contributed by atoms with E-state index in [1.165, 1.54) is 0 Å². The maximum absolute atomic E-state index is 12.8. The molecule has 1 saturated heterocycles. The second-order valence-electron chi connectivity index (χ2n) is 7.92. The highest BCUT2D eigenvalue weighted by molar-refractivity contribution is 5.93. The molecular formula is C23H29N3O3. The second kappa shape index (κ2) is 8.74. The number of benzene rings is 2. The minimum absolute atomic E-state index is 0.00166. The molecule has 29 heavy (non-hydrogen) atoms. The van der Waals surface area contributed by atoms with Crippen LogP contribution in [-0.4, -0.2) is 37.4 Å². The molecule has 1 aliphatic carbocycles. The number of aliphatic hydroxyl groups excluding tert-OH is 1. The van der Waals surface area contributed by atoms with Crippen molar-refractivity contribution in [3.05, 3.63) is 54.1 Å². The van der Waals surface area contributed by atoms with E-state index in [9.17, 15) is 9.90 Å². The number of hydrogen-bond donors (Lipinski definition) is 3. The summed E-state index contributed by atoms with van der Waals surface area (Å²) in [6, 6.07) is 15.6. The monoisotopic (exact) mass is 395 g/mol. The van der Waals surface area contributed by atoms with Crippen molar-refractivity contribution >= 4 is 17.4 Å². The zero-order chi connectivity index (χ0) is 20.2. The summed E-state index contributed by atoms with van der Waals surface area (Å²) in [7, 11) is 1.65. The number of rotatable bonds is 6. The first-order valence-electron chi connectivity index (χ1n) is 10.4. The third-order valence-corrected chi connectivity index (χ3v) is 5.81. The van der Waals surface area contributed by atoms with Gasteiger partial charge in [0, 0.05) is 13.1 Å². The normalized spacial score (nSPS) is 18.2. The van der Waals surface area contributed by atoms with E-state index in [1.807, 2.05) is 48.5 Å². The molecule has 0 spiro atoms. The molecule has 154 valence electrons. The number of ether oxygens (including phenoxy) is 1. The lowest BCUT2D eigenvalue weighted by Crippen LogP contribution is -2.37. The number of carbonyl (C=O) groups excluding carboxylic acids is 1. The van der Waals surface area contributed by atoms with Gasteiger partial charge < -0.3 is 25.4 Å². The number of para-hydroxylation sites is 2. The zero-order valence-electron chi connectivity index (χ0n) is 16.8. The molecule has 2 fully saturated rings. The molecule has 2 aromatic rings. The minimum Gasteiger partial charge on any atom is -0.497 e. The summed E-state index contributed by atoms with van der Waals surface area (Å²) < 4.78 is 5.24. The number of nitrogens with zero attached hydrogens (tertiary/aromatic N) is 1. The zero-order valence-corrected chi connectivity index (χ0v) is 16.8. The molecule has 6 nitrogen and oxygen atoms in total. The molecule has 1 aliphatic heterocycles. The minimum atomic E-state index is -0.224. The summed E-state index contributed by atoms with van der Waals surface area (Å²) >= 11 is 0. The van der Waals surface area contributed by atoms with Gasteiger partial charge in [-0.2, -0.15) is 0 Å². The van der Waals surface area contributed by atoms with E-state index in [1.54, 1.807) is 7.11 Å². The number of urea groups is 1. The smallest absolute Gasteiger partial charge is 0.319 e. The van der Waals surface area contributed by atoms with Crippen LogP contribution in [0.25, 0.3) is 0 Å². The molecule has 6 heteroatoms. The van der Waals surface area contributed by atoms with Crippen molar-refractivity contribution in [3.8, 4) is 5.75 Å². The van der Waals surface area contributed by atoms with E-state index in [0.29, 0.717) is 5.92 Å². The Labute approximate surface area is 171 Å². The van der Waals surface area contributed by atoms with Crippen LogP contribution in [0.2, 0.25) is 0 Å². The van der Waals surface area contributed by atoms with Gasteiger partial charge in [-0.3, -0.25) is 0 Å². The van der Waals surface area contributed by atoms with Gasteiger partial charge in [0.1, 0.15) is 5.75 Å². The van der Waals surface area contributed by atoms with Crippen molar-refractivity contribution < 1.29 is 14.6 Å². The lowest BCUT2D eigenvalue weighted by Gasteiger charge is -2.33. The Bertz CT molecular complexity index is 828. The predicted molar refractivity (Wildman–Crippen MR) is 115 cm³/mol. The highest BCUT2D eigenvalue weighted by Gasteiger charge is 2.33. The maximum Gasteiger partial charge on any atom is 0.319 e. The average Bonchev–Trinajstić information content (AvgIpc) is 3.58. The van der Waals surface area contributed by atoms with Gasteiger partial charge in [-0.05, 0) is 61.4 Å². The largest absolute Gasteiger partial charge is 0.497 e. The van der Waals surface area contributed by atoms with Gasteiger partial charge in [0.2, 0.25) is 0 Å². The molecule has 3 N–H and O–H groups in total. The Morgan fingerprint density at radius 2 is 1.76 bits per heavy atom. The number of amides is 2. The number of aliphatic hydroxyl groups is 1. The Morgan fingerprint density at radius 1 is 1.07 bits per heavy atom. The van der Waals surface area contributed by atoms with E-state index < -0.39 is 0 Å². The van der Waals surface area contributed by atoms with Crippen LogP contribution in [0, 0.1) is 5.92 Å². The van der Waals surface area contributed by atoms with Crippen molar-refractivity contribution in [1.82, 2.24) is 5.32 Å². The standard InChI is InChI=1S/C23H29N3O3/c1-29-19-10-8-17(9-11-19)22(16-6-7-16)25-23(28)24-20-4-2-3-5-21(20)26-14-12-18(27)13-15-26/h2-5,8-11,16,18,22,27H,6-7,12-15H2,1H3,(H2,24,25,28)/t22-/m0/s1. The molecule has 0 radical (unpaired) electrons. The van der Waals surface area contributed by atoms with Gasteiger partial charge in [-0.15, -0.1) is 0 Å². The van der Waals surface area contributed by atoms with Crippen LogP contribution in [0.1, 0.15) is 37.3 Å². The van der Waals surface area contributed by atoms with Crippen molar-refractivity contribution in [1.29, 1.82) is 0 Å². The van der Waals surface area contributed by atoms with E-state index in [2.05, 4.69) is 15.5 Å². The molecule has 1 atom stereocenters. The lowest BCUT2D eigenvalue weighted by molar-refractivity contribution is 0.145. The summed E-state index contributed by atoms with van der Waals surface area (Å²) in [4.78, 5) is 15.1. The SMILES string of the molecule is COc1ccc([C@@H](NC(=O)Nc2ccccc2N2CCC(O)CC2)C2CC2)cc1. The van der Waals surface area contributed by atoms with E-state index in [-0.39, 0.29) is 18.2 Å². The number of anilines is 2. The molecule has 0 bridgehead atoms. The first-order chi connectivity index (χ1) is 14.1. The summed E-state index contributed by atoms with van der Waals surface area (Å²) in [5, 5.41) is 16.0. The summed E-state index contributed by atoms with van der Waals surface area (Å²) in [6.45, 7) is 1.58. The van der Waals surface area contributed by atoms with Crippen molar-refractivity contribution in [2.24, 2.45) is 5.92 Å². The summed E-state index contributed by atoms with van der Waals surface area (Å²) in [6.07, 6.45) is 3.54. The Morgan fingerprint density at radius 3 is 2.41 bits per heavy atom. The Balaban J connectivity index is 1.44. The fraction of sp³-hybridized carbons (Fsp3) is 0.435. The molecule has 1 heterocycles.